The van der Waals surface area contributed by atoms with Crippen molar-refractivity contribution in [3.63, 3.8) is 0 Å². The van der Waals surface area contributed by atoms with Gasteiger partial charge in [0.25, 0.3) is 0 Å². The molecule has 5 heteroatoms. The molecule has 2 unspecified atom stereocenters. The fraction of sp³-hybridized carbons (Fsp3) is 0.938. The summed E-state index contributed by atoms with van der Waals surface area (Å²) in [4.78, 5) is 16.6. The lowest BCUT2D eigenvalue weighted by Crippen LogP contribution is -2.50. The minimum absolute atomic E-state index is 0.162. The van der Waals surface area contributed by atoms with Gasteiger partial charge in [-0.15, -0.1) is 0 Å². The quantitative estimate of drug-likeness (QED) is 0.866. The first kappa shape index (κ1) is 16.6. The maximum absolute atomic E-state index is 12.2. The standard InChI is InChI=1S/C16H31N3O2/c1-16(2,3)21-15(20)19-9-4-5-14(12-19)18-10-7-13(11-18)6-8-17/h13-14H,4-12,17H2,1-3H3. The van der Waals surface area contributed by atoms with Gasteiger partial charge < -0.3 is 15.4 Å². The highest BCUT2D eigenvalue weighted by atomic mass is 16.6. The van der Waals surface area contributed by atoms with Crippen LogP contribution in [0.15, 0.2) is 0 Å². The molecule has 5 nitrogen and oxygen atoms in total. The van der Waals surface area contributed by atoms with Crippen LogP contribution in [0.1, 0.15) is 46.5 Å². The predicted molar refractivity (Wildman–Crippen MR) is 84.2 cm³/mol. The van der Waals surface area contributed by atoms with Crippen molar-refractivity contribution in [1.82, 2.24) is 9.80 Å². The van der Waals surface area contributed by atoms with E-state index in [1.54, 1.807) is 0 Å². The number of nitrogens with zero attached hydrogens (tertiary/aromatic N) is 2. The van der Waals surface area contributed by atoms with Crippen LogP contribution in [-0.2, 0) is 4.74 Å². The van der Waals surface area contributed by atoms with Crippen LogP contribution in [-0.4, -0.2) is 60.3 Å². The molecule has 0 aliphatic carbocycles. The van der Waals surface area contributed by atoms with Crippen molar-refractivity contribution in [2.75, 3.05) is 32.7 Å². The van der Waals surface area contributed by atoms with Crippen LogP contribution in [0.4, 0.5) is 4.79 Å². The Kier molecular flexibility index (Phi) is 5.49. The summed E-state index contributed by atoms with van der Waals surface area (Å²) in [6, 6.07) is 0.494. The molecule has 2 aliphatic rings. The van der Waals surface area contributed by atoms with Crippen LogP contribution in [0.2, 0.25) is 0 Å². The van der Waals surface area contributed by atoms with Gasteiger partial charge in [-0.25, -0.2) is 4.79 Å². The van der Waals surface area contributed by atoms with E-state index in [1.165, 1.54) is 12.8 Å². The fourth-order valence-corrected chi connectivity index (χ4v) is 3.41. The summed E-state index contributed by atoms with van der Waals surface area (Å²) in [5, 5.41) is 0. The zero-order valence-electron chi connectivity index (χ0n) is 13.8. The van der Waals surface area contributed by atoms with Crippen LogP contribution >= 0.6 is 0 Å². The van der Waals surface area contributed by atoms with Crippen molar-refractivity contribution < 1.29 is 9.53 Å². The Morgan fingerprint density at radius 3 is 2.67 bits per heavy atom. The van der Waals surface area contributed by atoms with Crippen molar-refractivity contribution in [2.45, 2.75) is 58.1 Å². The summed E-state index contributed by atoms with van der Waals surface area (Å²) in [6.45, 7) is 10.5. The lowest BCUT2D eigenvalue weighted by Gasteiger charge is -2.38. The minimum atomic E-state index is -0.413. The van der Waals surface area contributed by atoms with Crippen LogP contribution in [0.3, 0.4) is 0 Å². The molecule has 122 valence electrons. The normalized spacial score (nSPS) is 27.9. The summed E-state index contributed by atoms with van der Waals surface area (Å²) < 4.78 is 5.50. The van der Waals surface area contributed by atoms with Gasteiger partial charge in [-0.05, 0) is 65.5 Å². The van der Waals surface area contributed by atoms with Gasteiger partial charge in [0.1, 0.15) is 5.60 Å². The van der Waals surface area contributed by atoms with E-state index in [2.05, 4.69) is 4.90 Å². The van der Waals surface area contributed by atoms with Gasteiger partial charge in [0, 0.05) is 25.7 Å². The second-order valence-electron chi connectivity index (χ2n) is 7.45. The molecule has 0 aromatic carbocycles. The first-order valence-electron chi connectivity index (χ1n) is 8.31. The summed E-state index contributed by atoms with van der Waals surface area (Å²) >= 11 is 0. The van der Waals surface area contributed by atoms with E-state index in [9.17, 15) is 4.79 Å². The maximum atomic E-state index is 12.2. The number of hydrogen-bond acceptors (Lipinski definition) is 4. The number of rotatable bonds is 3. The Labute approximate surface area is 128 Å². The van der Waals surface area contributed by atoms with E-state index in [1.807, 2.05) is 25.7 Å². The largest absolute Gasteiger partial charge is 0.444 e. The molecule has 2 heterocycles. The van der Waals surface area contributed by atoms with E-state index in [0.717, 1.165) is 51.5 Å². The molecule has 0 bridgehead atoms. The highest BCUT2D eigenvalue weighted by Gasteiger charge is 2.33. The maximum Gasteiger partial charge on any atom is 0.410 e. The smallest absolute Gasteiger partial charge is 0.410 e. The molecule has 2 aliphatic heterocycles. The second-order valence-corrected chi connectivity index (χ2v) is 7.45. The molecule has 2 saturated heterocycles. The fourth-order valence-electron chi connectivity index (χ4n) is 3.41. The average Bonchev–Trinajstić information content (AvgIpc) is 2.86. The monoisotopic (exact) mass is 297 g/mol. The number of carbonyl (C=O) groups excluding carboxylic acids is 1. The Bertz CT molecular complexity index is 354. The van der Waals surface area contributed by atoms with Crippen molar-refractivity contribution >= 4 is 6.09 Å². The van der Waals surface area contributed by atoms with E-state index >= 15 is 0 Å². The van der Waals surface area contributed by atoms with Gasteiger partial charge in [0.05, 0.1) is 0 Å². The first-order valence-corrected chi connectivity index (χ1v) is 8.31. The summed E-state index contributed by atoms with van der Waals surface area (Å²) in [5.74, 6) is 0.743. The third kappa shape index (κ3) is 4.85. The van der Waals surface area contributed by atoms with Gasteiger partial charge >= 0.3 is 6.09 Å². The molecule has 1 amide bonds. The number of ether oxygens (including phenoxy) is 1. The summed E-state index contributed by atoms with van der Waals surface area (Å²) in [6.07, 6.45) is 4.47. The molecule has 0 radical (unpaired) electrons. The average molecular weight is 297 g/mol. The predicted octanol–water partition coefficient (Wildman–Crippen LogP) is 2.06. The highest BCUT2D eigenvalue weighted by molar-refractivity contribution is 5.68. The Hall–Kier alpha value is -0.810. The summed E-state index contributed by atoms with van der Waals surface area (Å²) in [5.41, 5.74) is 5.25. The van der Waals surface area contributed by atoms with E-state index in [4.69, 9.17) is 10.5 Å². The first-order chi connectivity index (χ1) is 9.89. The van der Waals surface area contributed by atoms with E-state index in [-0.39, 0.29) is 6.09 Å². The third-order valence-corrected chi connectivity index (χ3v) is 4.46. The Morgan fingerprint density at radius 1 is 1.24 bits per heavy atom. The molecule has 0 spiro atoms. The molecular weight excluding hydrogens is 266 g/mol. The molecular formula is C16H31N3O2. The zero-order valence-corrected chi connectivity index (χ0v) is 13.8. The number of amides is 1. The lowest BCUT2D eigenvalue weighted by atomic mass is 10.0. The molecule has 2 atom stereocenters. The number of likely N-dealkylation sites (tertiary alicyclic amines) is 2. The molecule has 2 N–H and O–H groups in total. The Balaban J connectivity index is 1.85. The Morgan fingerprint density at radius 2 is 2.00 bits per heavy atom. The molecule has 2 rings (SSSR count). The van der Waals surface area contributed by atoms with Gasteiger partial charge in [0.2, 0.25) is 0 Å². The van der Waals surface area contributed by atoms with Gasteiger partial charge in [-0.2, -0.15) is 0 Å². The van der Waals surface area contributed by atoms with E-state index < -0.39 is 5.60 Å². The van der Waals surface area contributed by atoms with E-state index in [0.29, 0.717) is 6.04 Å². The molecule has 21 heavy (non-hydrogen) atoms. The number of piperidine rings is 1. The van der Waals surface area contributed by atoms with Crippen LogP contribution < -0.4 is 5.73 Å². The SMILES string of the molecule is CC(C)(C)OC(=O)N1CCCC(N2CCC(CCN)C2)C1. The second kappa shape index (κ2) is 6.97. The number of nitrogens with two attached hydrogens (primary N) is 1. The molecule has 2 fully saturated rings. The van der Waals surface area contributed by atoms with Crippen LogP contribution in [0, 0.1) is 5.92 Å². The van der Waals surface area contributed by atoms with Crippen molar-refractivity contribution in [3.8, 4) is 0 Å². The number of hydrogen-bond donors (Lipinski definition) is 1. The lowest BCUT2D eigenvalue weighted by molar-refractivity contribution is 0.0121. The summed E-state index contributed by atoms with van der Waals surface area (Å²) in [7, 11) is 0. The van der Waals surface area contributed by atoms with Crippen LogP contribution in [0.5, 0.6) is 0 Å². The van der Waals surface area contributed by atoms with Gasteiger partial charge in [-0.3, -0.25) is 4.90 Å². The zero-order chi connectivity index (χ0) is 15.5. The molecule has 0 aromatic rings. The van der Waals surface area contributed by atoms with Crippen molar-refractivity contribution in [2.24, 2.45) is 11.7 Å². The van der Waals surface area contributed by atoms with Crippen molar-refractivity contribution in [3.05, 3.63) is 0 Å². The highest BCUT2D eigenvalue weighted by Crippen LogP contribution is 2.26. The third-order valence-electron chi connectivity index (χ3n) is 4.46. The number of carbonyl (C=O) groups is 1. The van der Waals surface area contributed by atoms with Gasteiger partial charge in [0.15, 0.2) is 0 Å². The van der Waals surface area contributed by atoms with Crippen LogP contribution in [0.25, 0.3) is 0 Å². The topological polar surface area (TPSA) is 58.8 Å². The van der Waals surface area contributed by atoms with Crippen molar-refractivity contribution in [1.29, 1.82) is 0 Å². The molecule has 0 aromatic heterocycles. The van der Waals surface area contributed by atoms with Gasteiger partial charge in [-0.1, -0.05) is 0 Å². The molecule has 0 saturated carbocycles. The minimum Gasteiger partial charge on any atom is -0.444 e.